The van der Waals surface area contributed by atoms with Crippen LogP contribution in [0.25, 0.3) is 0 Å². The summed E-state index contributed by atoms with van der Waals surface area (Å²) in [5.41, 5.74) is 1.60. The quantitative estimate of drug-likeness (QED) is 0.848. The van der Waals surface area contributed by atoms with E-state index < -0.39 is 10.0 Å². The van der Waals surface area contributed by atoms with Crippen molar-refractivity contribution in [2.24, 2.45) is 0 Å². The summed E-state index contributed by atoms with van der Waals surface area (Å²) in [6, 6.07) is 8.85. The van der Waals surface area contributed by atoms with Gasteiger partial charge in [-0.25, -0.2) is 13.4 Å². The maximum Gasteiger partial charge on any atom is 0.265 e. The molecule has 7 heteroatoms. The van der Waals surface area contributed by atoms with Crippen LogP contribution in [-0.4, -0.2) is 20.4 Å². The number of pyridine rings is 1. The SMILES string of the molecule is CCc1cccc(NS(=O)(=O)c2cc(Br)cnc2NC)c1. The van der Waals surface area contributed by atoms with Crippen molar-refractivity contribution < 1.29 is 8.42 Å². The van der Waals surface area contributed by atoms with E-state index in [9.17, 15) is 8.42 Å². The van der Waals surface area contributed by atoms with Gasteiger partial charge in [-0.05, 0) is 46.1 Å². The van der Waals surface area contributed by atoms with Gasteiger partial charge in [0.05, 0.1) is 0 Å². The third-order valence-electron chi connectivity index (χ3n) is 2.93. The number of sulfonamides is 1. The number of nitrogens with zero attached hydrogens (tertiary/aromatic N) is 1. The predicted molar refractivity (Wildman–Crippen MR) is 88.1 cm³/mol. The molecular formula is C14H16BrN3O2S. The summed E-state index contributed by atoms with van der Waals surface area (Å²) in [6.45, 7) is 2.02. The maximum atomic E-state index is 12.5. The molecule has 0 atom stereocenters. The lowest BCUT2D eigenvalue weighted by Crippen LogP contribution is -2.15. The summed E-state index contributed by atoms with van der Waals surface area (Å²) >= 11 is 3.24. The second-order valence-corrected chi connectivity index (χ2v) is 6.98. The molecule has 0 amide bonds. The van der Waals surface area contributed by atoms with Crippen LogP contribution in [0.3, 0.4) is 0 Å². The number of rotatable bonds is 5. The average Bonchev–Trinajstić information content (AvgIpc) is 2.47. The van der Waals surface area contributed by atoms with Crippen LogP contribution in [0, 0.1) is 0 Å². The largest absolute Gasteiger partial charge is 0.372 e. The molecule has 112 valence electrons. The Morgan fingerprint density at radius 3 is 2.71 bits per heavy atom. The molecule has 1 heterocycles. The van der Waals surface area contributed by atoms with Gasteiger partial charge >= 0.3 is 0 Å². The fourth-order valence-corrected chi connectivity index (χ4v) is 3.60. The van der Waals surface area contributed by atoms with Gasteiger partial charge in [0, 0.05) is 23.4 Å². The van der Waals surface area contributed by atoms with E-state index >= 15 is 0 Å². The summed E-state index contributed by atoms with van der Waals surface area (Å²) in [7, 11) is -2.08. The molecule has 1 aromatic heterocycles. The Morgan fingerprint density at radius 2 is 2.05 bits per heavy atom. The van der Waals surface area contributed by atoms with Crippen molar-refractivity contribution in [3.8, 4) is 0 Å². The van der Waals surface area contributed by atoms with Gasteiger partial charge in [0.1, 0.15) is 10.7 Å². The van der Waals surface area contributed by atoms with E-state index in [4.69, 9.17) is 0 Å². The second-order valence-electron chi connectivity index (χ2n) is 4.41. The molecule has 0 spiro atoms. The van der Waals surface area contributed by atoms with Gasteiger partial charge in [-0.15, -0.1) is 0 Å². The van der Waals surface area contributed by atoms with Crippen LogP contribution in [0.1, 0.15) is 12.5 Å². The lowest BCUT2D eigenvalue weighted by atomic mass is 10.1. The first-order chi connectivity index (χ1) is 9.96. The zero-order valence-electron chi connectivity index (χ0n) is 11.7. The fourth-order valence-electron chi connectivity index (χ4n) is 1.88. The van der Waals surface area contributed by atoms with Crippen molar-refractivity contribution in [2.45, 2.75) is 18.2 Å². The number of benzene rings is 1. The standard InChI is InChI=1S/C14H16BrN3O2S/c1-3-10-5-4-6-12(7-10)18-21(19,20)13-8-11(15)9-17-14(13)16-2/h4-9,18H,3H2,1-2H3,(H,16,17). The molecule has 0 unspecified atom stereocenters. The van der Waals surface area contributed by atoms with E-state index in [-0.39, 0.29) is 4.90 Å². The molecule has 0 aliphatic rings. The summed E-state index contributed by atoms with van der Waals surface area (Å²) in [6.07, 6.45) is 2.39. The average molecular weight is 370 g/mol. The normalized spacial score (nSPS) is 11.2. The highest BCUT2D eigenvalue weighted by atomic mass is 79.9. The van der Waals surface area contributed by atoms with Crippen molar-refractivity contribution in [1.29, 1.82) is 0 Å². The van der Waals surface area contributed by atoms with E-state index in [0.29, 0.717) is 16.0 Å². The molecule has 5 nitrogen and oxygen atoms in total. The zero-order valence-corrected chi connectivity index (χ0v) is 14.1. The van der Waals surface area contributed by atoms with E-state index in [2.05, 4.69) is 31.0 Å². The Morgan fingerprint density at radius 1 is 1.29 bits per heavy atom. The number of hydrogen-bond donors (Lipinski definition) is 2. The number of aromatic nitrogens is 1. The Kier molecular flexibility index (Phi) is 4.84. The monoisotopic (exact) mass is 369 g/mol. The third kappa shape index (κ3) is 3.74. The molecule has 21 heavy (non-hydrogen) atoms. The van der Waals surface area contributed by atoms with Gasteiger partial charge in [0.15, 0.2) is 0 Å². The third-order valence-corrected chi connectivity index (χ3v) is 4.76. The van der Waals surface area contributed by atoms with Crippen LogP contribution in [-0.2, 0) is 16.4 Å². The first-order valence-electron chi connectivity index (χ1n) is 6.41. The summed E-state index contributed by atoms with van der Waals surface area (Å²) in [5.74, 6) is 0.303. The fraction of sp³-hybridized carbons (Fsp3) is 0.214. The van der Waals surface area contributed by atoms with E-state index in [0.717, 1.165) is 12.0 Å². The highest BCUT2D eigenvalue weighted by molar-refractivity contribution is 9.10. The zero-order chi connectivity index (χ0) is 15.5. The molecule has 0 fully saturated rings. The summed E-state index contributed by atoms with van der Waals surface area (Å²) in [4.78, 5) is 4.16. The number of nitrogens with one attached hydrogen (secondary N) is 2. The van der Waals surface area contributed by atoms with E-state index in [1.54, 1.807) is 19.3 Å². The minimum atomic E-state index is -3.71. The Balaban J connectivity index is 2.40. The van der Waals surface area contributed by atoms with Crippen molar-refractivity contribution in [2.75, 3.05) is 17.1 Å². The minimum absolute atomic E-state index is 0.0984. The topological polar surface area (TPSA) is 71.1 Å². The smallest absolute Gasteiger partial charge is 0.265 e. The van der Waals surface area contributed by atoms with Gasteiger partial charge in [-0.2, -0.15) is 0 Å². The number of anilines is 2. The van der Waals surface area contributed by atoms with Gasteiger partial charge in [-0.3, -0.25) is 4.72 Å². The molecular weight excluding hydrogens is 354 g/mol. The van der Waals surface area contributed by atoms with Crippen LogP contribution in [0.5, 0.6) is 0 Å². The Bertz CT molecular complexity index is 748. The molecule has 0 aliphatic heterocycles. The molecule has 0 aliphatic carbocycles. The van der Waals surface area contributed by atoms with Crippen LogP contribution >= 0.6 is 15.9 Å². The molecule has 1 aromatic carbocycles. The van der Waals surface area contributed by atoms with Crippen molar-refractivity contribution in [3.63, 3.8) is 0 Å². The summed E-state index contributed by atoms with van der Waals surface area (Å²) < 4.78 is 28.2. The molecule has 0 saturated carbocycles. The van der Waals surface area contributed by atoms with Crippen LogP contribution in [0.4, 0.5) is 11.5 Å². The second kappa shape index (κ2) is 6.44. The molecule has 2 rings (SSSR count). The lowest BCUT2D eigenvalue weighted by Gasteiger charge is -2.12. The van der Waals surface area contributed by atoms with Crippen LogP contribution in [0.2, 0.25) is 0 Å². The van der Waals surface area contributed by atoms with E-state index in [1.807, 2.05) is 25.1 Å². The highest BCUT2D eigenvalue weighted by Gasteiger charge is 2.20. The maximum absolute atomic E-state index is 12.5. The predicted octanol–water partition coefficient (Wildman–Crippen LogP) is 3.25. The number of aryl methyl sites for hydroxylation is 1. The minimum Gasteiger partial charge on any atom is -0.372 e. The first-order valence-corrected chi connectivity index (χ1v) is 8.69. The van der Waals surface area contributed by atoms with Gasteiger partial charge < -0.3 is 5.32 Å². The van der Waals surface area contributed by atoms with Gasteiger partial charge in [-0.1, -0.05) is 19.1 Å². The first kappa shape index (κ1) is 15.8. The van der Waals surface area contributed by atoms with Gasteiger partial charge in [0.2, 0.25) is 0 Å². The lowest BCUT2D eigenvalue weighted by molar-refractivity contribution is 0.601. The Hall–Kier alpha value is -1.60. The van der Waals surface area contributed by atoms with Crippen molar-refractivity contribution >= 4 is 37.5 Å². The molecule has 0 bridgehead atoms. The molecule has 0 saturated heterocycles. The van der Waals surface area contributed by atoms with Crippen LogP contribution < -0.4 is 10.0 Å². The van der Waals surface area contributed by atoms with Gasteiger partial charge in [0.25, 0.3) is 10.0 Å². The number of halogens is 1. The van der Waals surface area contributed by atoms with Crippen molar-refractivity contribution in [1.82, 2.24) is 4.98 Å². The van der Waals surface area contributed by atoms with E-state index in [1.165, 1.54) is 6.07 Å². The molecule has 2 aromatic rings. The van der Waals surface area contributed by atoms with Crippen molar-refractivity contribution in [3.05, 3.63) is 46.6 Å². The molecule has 0 radical (unpaired) electrons. The Labute approximate surface area is 133 Å². The highest BCUT2D eigenvalue weighted by Crippen LogP contribution is 2.25. The summed E-state index contributed by atoms with van der Waals surface area (Å²) in [5, 5.41) is 2.79. The molecule has 2 N–H and O–H groups in total. The number of hydrogen-bond acceptors (Lipinski definition) is 4. The van der Waals surface area contributed by atoms with Crippen LogP contribution in [0.15, 0.2) is 45.9 Å².